The molecule has 4 nitrogen and oxygen atoms in total. The van der Waals surface area contributed by atoms with Crippen molar-refractivity contribution < 1.29 is 0 Å². The lowest BCUT2D eigenvalue weighted by molar-refractivity contribution is 0.528. The molecule has 2 aromatic carbocycles. The second kappa shape index (κ2) is 5.43. The summed E-state index contributed by atoms with van der Waals surface area (Å²) >= 11 is 0. The van der Waals surface area contributed by atoms with Crippen molar-refractivity contribution in [1.82, 2.24) is 20.1 Å². The third-order valence-corrected chi connectivity index (χ3v) is 3.56. The number of nitrogens with one attached hydrogen (secondary N) is 1. The van der Waals surface area contributed by atoms with Gasteiger partial charge in [0.1, 0.15) is 12.2 Å². The van der Waals surface area contributed by atoms with Gasteiger partial charge in [-0.1, -0.05) is 36.4 Å². The summed E-state index contributed by atoms with van der Waals surface area (Å²) in [6, 6.07) is 15.1. The van der Waals surface area contributed by atoms with Crippen LogP contribution in [0.1, 0.15) is 24.4 Å². The van der Waals surface area contributed by atoms with Gasteiger partial charge in [0.2, 0.25) is 0 Å². The summed E-state index contributed by atoms with van der Waals surface area (Å²) in [5, 5.41) is 14.1. The summed E-state index contributed by atoms with van der Waals surface area (Å²) in [6.45, 7) is 2.92. The van der Waals surface area contributed by atoms with Crippen LogP contribution in [0.4, 0.5) is 0 Å². The van der Waals surface area contributed by atoms with E-state index in [-0.39, 0.29) is 6.04 Å². The number of hydrogen-bond donors (Lipinski definition) is 1. The summed E-state index contributed by atoms with van der Waals surface area (Å²) in [5.74, 6) is 0.950. The first-order chi connectivity index (χ1) is 9.74. The van der Waals surface area contributed by atoms with E-state index in [1.807, 2.05) is 11.6 Å². The topological polar surface area (TPSA) is 42.7 Å². The summed E-state index contributed by atoms with van der Waals surface area (Å²) < 4.78 is 1.94. The van der Waals surface area contributed by atoms with Crippen LogP contribution in [-0.2, 0) is 13.6 Å². The SMILES string of the molecule is CC(NCc1ccc2ccccc2c1)c1nncn1C. The molecule has 0 aliphatic heterocycles. The largest absolute Gasteiger partial charge is 0.319 e. The van der Waals surface area contributed by atoms with Crippen molar-refractivity contribution in [3.05, 3.63) is 60.2 Å². The zero-order chi connectivity index (χ0) is 13.9. The molecule has 1 atom stereocenters. The van der Waals surface area contributed by atoms with Crippen LogP contribution in [0.3, 0.4) is 0 Å². The predicted octanol–water partition coefficient (Wildman–Crippen LogP) is 2.82. The fourth-order valence-electron chi connectivity index (χ4n) is 2.40. The normalized spacial score (nSPS) is 12.7. The van der Waals surface area contributed by atoms with Gasteiger partial charge in [0.15, 0.2) is 0 Å². The average molecular weight is 266 g/mol. The highest BCUT2D eigenvalue weighted by atomic mass is 15.3. The molecule has 0 bridgehead atoms. The van der Waals surface area contributed by atoms with Crippen LogP contribution in [0.2, 0.25) is 0 Å². The molecule has 1 unspecified atom stereocenters. The zero-order valence-corrected chi connectivity index (χ0v) is 11.7. The molecule has 4 heteroatoms. The van der Waals surface area contributed by atoms with Crippen LogP contribution in [0, 0.1) is 0 Å². The van der Waals surface area contributed by atoms with Gasteiger partial charge in [0.05, 0.1) is 6.04 Å². The van der Waals surface area contributed by atoms with Gasteiger partial charge in [0, 0.05) is 13.6 Å². The lowest BCUT2D eigenvalue weighted by Crippen LogP contribution is -2.21. The molecule has 1 N–H and O–H groups in total. The van der Waals surface area contributed by atoms with Gasteiger partial charge in [-0.25, -0.2) is 0 Å². The molecule has 0 fully saturated rings. The molecule has 0 saturated carbocycles. The van der Waals surface area contributed by atoms with Crippen molar-refractivity contribution >= 4 is 10.8 Å². The molecule has 3 rings (SSSR count). The second-order valence-electron chi connectivity index (χ2n) is 5.08. The molecule has 1 heterocycles. The number of aryl methyl sites for hydroxylation is 1. The number of benzene rings is 2. The Morgan fingerprint density at radius 1 is 1.15 bits per heavy atom. The van der Waals surface area contributed by atoms with Gasteiger partial charge >= 0.3 is 0 Å². The standard InChI is InChI=1S/C16H18N4/c1-12(16-19-18-11-20(16)2)17-10-13-7-8-14-5-3-4-6-15(14)9-13/h3-9,11-12,17H,10H2,1-2H3. The molecule has 0 aliphatic carbocycles. The summed E-state index contributed by atoms with van der Waals surface area (Å²) in [6.07, 6.45) is 1.73. The van der Waals surface area contributed by atoms with Crippen molar-refractivity contribution in [3.8, 4) is 0 Å². The Bertz CT molecular complexity index is 717. The van der Waals surface area contributed by atoms with Crippen molar-refractivity contribution in [1.29, 1.82) is 0 Å². The Labute approximate surface area is 118 Å². The molecule has 102 valence electrons. The maximum Gasteiger partial charge on any atom is 0.149 e. The van der Waals surface area contributed by atoms with Gasteiger partial charge in [-0.2, -0.15) is 0 Å². The second-order valence-corrected chi connectivity index (χ2v) is 5.08. The van der Waals surface area contributed by atoms with Gasteiger partial charge in [-0.3, -0.25) is 0 Å². The fraction of sp³-hybridized carbons (Fsp3) is 0.250. The third kappa shape index (κ3) is 2.56. The van der Waals surface area contributed by atoms with Crippen molar-refractivity contribution in [3.63, 3.8) is 0 Å². The van der Waals surface area contributed by atoms with Crippen LogP contribution >= 0.6 is 0 Å². The summed E-state index contributed by atoms with van der Waals surface area (Å²) in [7, 11) is 1.96. The average Bonchev–Trinajstić information content (AvgIpc) is 2.91. The van der Waals surface area contributed by atoms with Crippen molar-refractivity contribution in [2.75, 3.05) is 0 Å². The van der Waals surface area contributed by atoms with E-state index < -0.39 is 0 Å². The molecule has 0 amide bonds. The smallest absolute Gasteiger partial charge is 0.149 e. The minimum absolute atomic E-state index is 0.175. The number of rotatable bonds is 4. The number of nitrogens with zero attached hydrogens (tertiary/aromatic N) is 3. The Balaban J connectivity index is 1.72. The van der Waals surface area contributed by atoms with Crippen LogP contribution in [-0.4, -0.2) is 14.8 Å². The lowest BCUT2D eigenvalue weighted by atomic mass is 10.1. The van der Waals surface area contributed by atoms with E-state index in [1.54, 1.807) is 6.33 Å². The van der Waals surface area contributed by atoms with Crippen LogP contribution in [0.5, 0.6) is 0 Å². The van der Waals surface area contributed by atoms with Crippen LogP contribution in [0.15, 0.2) is 48.8 Å². The number of fused-ring (bicyclic) bond motifs is 1. The van der Waals surface area contributed by atoms with Crippen molar-refractivity contribution in [2.24, 2.45) is 7.05 Å². The lowest BCUT2D eigenvalue weighted by Gasteiger charge is -2.13. The molecule has 3 aromatic rings. The highest BCUT2D eigenvalue weighted by Crippen LogP contribution is 2.16. The van der Waals surface area contributed by atoms with Gasteiger partial charge in [0.25, 0.3) is 0 Å². The Morgan fingerprint density at radius 3 is 2.70 bits per heavy atom. The monoisotopic (exact) mass is 266 g/mol. The minimum Gasteiger partial charge on any atom is -0.319 e. The maximum absolute atomic E-state index is 4.13. The first kappa shape index (κ1) is 12.8. The van der Waals surface area contributed by atoms with E-state index in [9.17, 15) is 0 Å². The fourth-order valence-corrected chi connectivity index (χ4v) is 2.40. The zero-order valence-electron chi connectivity index (χ0n) is 11.7. The van der Waals surface area contributed by atoms with Gasteiger partial charge in [-0.15, -0.1) is 10.2 Å². The molecule has 0 radical (unpaired) electrons. The summed E-state index contributed by atoms with van der Waals surface area (Å²) in [4.78, 5) is 0. The van der Waals surface area contributed by atoms with E-state index in [2.05, 4.69) is 64.9 Å². The number of aromatic nitrogens is 3. The first-order valence-electron chi connectivity index (χ1n) is 6.79. The highest BCUT2D eigenvalue weighted by molar-refractivity contribution is 5.82. The molecular weight excluding hydrogens is 248 g/mol. The molecule has 0 aliphatic rings. The Kier molecular flexibility index (Phi) is 3.48. The predicted molar refractivity (Wildman–Crippen MR) is 80.2 cm³/mol. The maximum atomic E-state index is 4.13. The molecule has 0 spiro atoms. The highest BCUT2D eigenvalue weighted by Gasteiger charge is 2.10. The Morgan fingerprint density at radius 2 is 1.95 bits per heavy atom. The van der Waals surface area contributed by atoms with E-state index in [0.29, 0.717) is 0 Å². The molecular formula is C16H18N4. The van der Waals surface area contributed by atoms with Crippen LogP contribution in [0.25, 0.3) is 10.8 Å². The first-order valence-corrected chi connectivity index (χ1v) is 6.79. The van der Waals surface area contributed by atoms with Gasteiger partial charge in [-0.05, 0) is 29.3 Å². The third-order valence-electron chi connectivity index (χ3n) is 3.56. The molecule has 0 saturated heterocycles. The minimum atomic E-state index is 0.175. The van der Waals surface area contributed by atoms with E-state index in [1.165, 1.54) is 16.3 Å². The van der Waals surface area contributed by atoms with Crippen LogP contribution < -0.4 is 5.32 Å². The number of hydrogen-bond acceptors (Lipinski definition) is 3. The molecule has 1 aromatic heterocycles. The quantitative estimate of drug-likeness (QED) is 0.789. The summed E-state index contributed by atoms with van der Waals surface area (Å²) in [5.41, 5.74) is 1.28. The molecule has 20 heavy (non-hydrogen) atoms. The van der Waals surface area contributed by atoms with E-state index >= 15 is 0 Å². The van der Waals surface area contributed by atoms with E-state index in [0.717, 1.165) is 12.4 Å². The van der Waals surface area contributed by atoms with Crippen molar-refractivity contribution in [2.45, 2.75) is 19.5 Å². The van der Waals surface area contributed by atoms with Gasteiger partial charge < -0.3 is 9.88 Å². The van der Waals surface area contributed by atoms with E-state index in [4.69, 9.17) is 0 Å². The Hall–Kier alpha value is -2.20.